The molecule has 2 aliphatic heterocycles. The highest BCUT2D eigenvalue weighted by molar-refractivity contribution is 7.89. The normalized spacial score (nSPS) is 18.6. The number of urea groups is 1. The van der Waals surface area contributed by atoms with Crippen LogP contribution in [0.5, 0.6) is 0 Å². The average Bonchev–Trinajstić information content (AvgIpc) is 3.20. The van der Waals surface area contributed by atoms with Crippen molar-refractivity contribution >= 4 is 28.8 Å². The molecule has 2 aliphatic rings. The number of rotatable bonds is 4. The highest BCUT2D eigenvalue weighted by Gasteiger charge is 2.27. The van der Waals surface area contributed by atoms with E-state index < -0.39 is 11.4 Å². The Labute approximate surface area is 156 Å². The number of amides is 2. The number of carbonyl (C=O) groups is 1. The molecule has 2 aromatic rings. The Morgan fingerprint density at radius 3 is 2.50 bits per heavy atom. The van der Waals surface area contributed by atoms with Crippen molar-refractivity contribution in [3.63, 3.8) is 0 Å². The smallest absolute Gasteiger partial charge is 0.326 e. The third kappa shape index (κ3) is 3.23. The predicted molar refractivity (Wildman–Crippen MR) is 104 cm³/mol. The predicted octanol–water partition coefficient (Wildman–Crippen LogP) is 3.82. The van der Waals surface area contributed by atoms with Crippen LogP contribution in [0, 0.1) is 0 Å². The number of fused-ring (bicyclic) bond motifs is 1. The second kappa shape index (κ2) is 7.15. The van der Waals surface area contributed by atoms with Gasteiger partial charge in [-0.15, -0.1) is 4.31 Å². The standard InChI is InChI=1S/C20H21N3O2S/c1-15-18-6-2-3-7-19(18)21-20(24)23(15)14-16-8-10-17(11-9-16)26(25)22-12-4-5-13-22/h2-3,6-11H,1,4-5,12-14H2,(H,21,24). The van der Waals surface area contributed by atoms with Gasteiger partial charge in [-0.1, -0.05) is 36.9 Å². The number of nitrogens with zero attached hydrogens (tertiary/aromatic N) is 2. The Balaban J connectivity index is 1.49. The number of anilines is 1. The molecule has 0 aliphatic carbocycles. The van der Waals surface area contributed by atoms with E-state index >= 15 is 0 Å². The minimum Gasteiger partial charge on any atom is -0.593 e. The number of benzene rings is 2. The first-order valence-corrected chi connectivity index (χ1v) is 9.87. The minimum absolute atomic E-state index is 0.182. The monoisotopic (exact) mass is 367 g/mol. The zero-order chi connectivity index (χ0) is 18.1. The van der Waals surface area contributed by atoms with Gasteiger partial charge in [0.2, 0.25) is 0 Å². The van der Waals surface area contributed by atoms with E-state index in [-0.39, 0.29) is 6.03 Å². The molecule has 1 fully saturated rings. The number of carbonyl (C=O) groups excluding carboxylic acids is 1. The van der Waals surface area contributed by atoms with Gasteiger partial charge in [0.15, 0.2) is 4.90 Å². The molecule has 2 heterocycles. The minimum atomic E-state index is -1.09. The molecule has 0 saturated carbocycles. The molecule has 4 rings (SSSR count). The van der Waals surface area contributed by atoms with Crippen LogP contribution in [-0.4, -0.2) is 32.9 Å². The molecule has 26 heavy (non-hydrogen) atoms. The Morgan fingerprint density at radius 1 is 1.08 bits per heavy atom. The van der Waals surface area contributed by atoms with Crippen molar-refractivity contribution in [1.29, 1.82) is 0 Å². The zero-order valence-corrected chi connectivity index (χ0v) is 15.3. The van der Waals surface area contributed by atoms with Crippen molar-refractivity contribution in [2.75, 3.05) is 18.4 Å². The molecule has 134 valence electrons. The van der Waals surface area contributed by atoms with E-state index in [1.54, 1.807) is 4.90 Å². The highest BCUT2D eigenvalue weighted by atomic mass is 32.2. The summed E-state index contributed by atoms with van der Waals surface area (Å²) in [5.41, 5.74) is 3.38. The number of nitrogens with one attached hydrogen (secondary N) is 1. The van der Waals surface area contributed by atoms with Gasteiger partial charge in [0, 0.05) is 24.4 Å². The maximum absolute atomic E-state index is 12.5. The van der Waals surface area contributed by atoms with E-state index in [0.29, 0.717) is 12.2 Å². The Kier molecular flexibility index (Phi) is 4.72. The van der Waals surface area contributed by atoms with Gasteiger partial charge < -0.3 is 9.87 Å². The van der Waals surface area contributed by atoms with Gasteiger partial charge in [-0.05, 0) is 36.6 Å². The molecule has 2 amide bonds. The summed E-state index contributed by atoms with van der Waals surface area (Å²) < 4.78 is 14.5. The van der Waals surface area contributed by atoms with Gasteiger partial charge in [-0.2, -0.15) is 0 Å². The van der Waals surface area contributed by atoms with Crippen LogP contribution in [0.3, 0.4) is 0 Å². The summed E-state index contributed by atoms with van der Waals surface area (Å²) in [6.45, 7) is 6.30. The summed E-state index contributed by atoms with van der Waals surface area (Å²) in [5.74, 6) is 0. The molecule has 1 unspecified atom stereocenters. The van der Waals surface area contributed by atoms with E-state index in [1.807, 2.05) is 52.8 Å². The van der Waals surface area contributed by atoms with Gasteiger partial charge in [-0.3, -0.25) is 4.90 Å². The fraction of sp³-hybridized carbons (Fsp3) is 0.250. The lowest BCUT2D eigenvalue weighted by Crippen LogP contribution is -2.36. The molecule has 5 nitrogen and oxygen atoms in total. The summed E-state index contributed by atoms with van der Waals surface area (Å²) in [7, 11) is 0. The Morgan fingerprint density at radius 2 is 1.77 bits per heavy atom. The highest BCUT2D eigenvalue weighted by Crippen LogP contribution is 2.32. The van der Waals surface area contributed by atoms with Crippen LogP contribution >= 0.6 is 0 Å². The maximum atomic E-state index is 12.5. The van der Waals surface area contributed by atoms with Crippen LogP contribution in [0.4, 0.5) is 10.5 Å². The maximum Gasteiger partial charge on any atom is 0.326 e. The zero-order valence-electron chi connectivity index (χ0n) is 14.5. The molecule has 0 aromatic heterocycles. The second-order valence-corrected chi connectivity index (χ2v) is 8.02. The van der Waals surface area contributed by atoms with Gasteiger partial charge in [0.1, 0.15) is 0 Å². The van der Waals surface area contributed by atoms with Crippen LogP contribution < -0.4 is 5.32 Å². The summed E-state index contributed by atoms with van der Waals surface area (Å²) in [4.78, 5) is 14.9. The molecule has 1 saturated heterocycles. The fourth-order valence-electron chi connectivity index (χ4n) is 3.36. The summed E-state index contributed by atoms with van der Waals surface area (Å²) >= 11 is -1.09. The van der Waals surface area contributed by atoms with Gasteiger partial charge in [0.05, 0.1) is 23.6 Å². The van der Waals surface area contributed by atoms with Crippen LogP contribution in [0.25, 0.3) is 5.70 Å². The third-order valence-corrected chi connectivity index (χ3v) is 6.33. The molecule has 1 N–H and O–H groups in total. The Bertz CT molecular complexity index is 831. The SMILES string of the molecule is C=C1c2ccccc2NC(=O)N1Cc1ccc([S+]([O-])N2CCCC2)cc1. The topological polar surface area (TPSA) is 58.6 Å². The van der Waals surface area contributed by atoms with Crippen molar-refractivity contribution in [3.8, 4) is 0 Å². The number of para-hydroxylation sites is 1. The van der Waals surface area contributed by atoms with E-state index in [4.69, 9.17) is 0 Å². The average molecular weight is 367 g/mol. The first-order chi connectivity index (χ1) is 12.6. The molecule has 1 atom stereocenters. The van der Waals surface area contributed by atoms with Crippen LogP contribution in [0.2, 0.25) is 0 Å². The lowest BCUT2D eigenvalue weighted by molar-refractivity contribution is 0.229. The van der Waals surface area contributed by atoms with Gasteiger partial charge in [0.25, 0.3) is 0 Å². The van der Waals surface area contributed by atoms with Crippen LogP contribution in [-0.2, 0) is 17.9 Å². The van der Waals surface area contributed by atoms with E-state index in [0.717, 1.165) is 47.6 Å². The largest absolute Gasteiger partial charge is 0.593 e. The summed E-state index contributed by atoms with van der Waals surface area (Å²) in [6.07, 6.45) is 2.22. The van der Waals surface area contributed by atoms with Crippen molar-refractivity contribution in [3.05, 3.63) is 66.2 Å². The van der Waals surface area contributed by atoms with Crippen molar-refractivity contribution < 1.29 is 9.35 Å². The Hall–Kier alpha value is -2.28. The first kappa shape index (κ1) is 17.1. The molecular weight excluding hydrogens is 346 g/mol. The quantitative estimate of drug-likeness (QED) is 0.836. The first-order valence-electron chi connectivity index (χ1n) is 8.76. The van der Waals surface area contributed by atoms with E-state index in [1.165, 1.54) is 0 Å². The molecule has 0 spiro atoms. The lowest BCUT2D eigenvalue weighted by Gasteiger charge is -2.31. The second-order valence-electron chi connectivity index (χ2n) is 6.54. The van der Waals surface area contributed by atoms with Crippen molar-refractivity contribution in [1.82, 2.24) is 9.21 Å². The van der Waals surface area contributed by atoms with Crippen molar-refractivity contribution in [2.24, 2.45) is 0 Å². The van der Waals surface area contributed by atoms with Gasteiger partial charge in [-0.25, -0.2) is 4.79 Å². The fourth-order valence-corrected chi connectivity index (χ4v) is 4.62. The van der Waals surface area contributed by atoms with E-state index in [2.05, 4.69) is 11.9 Å². The molecular formula is C20H21N3O2S. The molecule has 0 bridgehead atoms. The van der Waals surface area contributed by atoms with Crippen LogP contribution in [0.15, 0.2) is 60.0 Å². The number of hydrogen-bond acceptors (Lipinski definition) is 3. The summed E-state index contributed by atoms with van der Waals surface area (Å²) in [5, 5.41) is 2.90. The molecule has 2 aromatic carbocycles. The van der Waals surface area contributed by atoms with Crippen molar-refractivity contribution in [2.45, 2.75) is 24.3 Å². The van der Waals surface area contributed by atoms with Crippen LogP contribution in [0.1, 0.15) is 24.0 Å². The third-order valence-electron chi connectivity index (χ3n) is 4.82. The number of hydrogen-bond donors (Lipinski definition) is 1. The van der Waals surface area contributed by atoms with Gasteiger partial charge >= 0.3 is 6.03 Å². The summed E-state index contributed by atoms with van der Waals surface area (Å²) in [6, 6.07) is 15.1. The molecule has 6 heteroatoms. The lowest BCUT2D eigenvalue weighted by atomic mass is 10.1. The molecule has 0 radical (unpaired) electrons. The van der Waals surface area contributed by atoms with E-state index in [9.17, 15) is 9.35 Å².